The molecule has 1 aromatic carbocycles. The van der Waals surface area contributed by atoms with Crippen molar-refractivity contribution >= 4 is 11.8 Å². The van der Waals surface area contributed by atoms with Gasteiger partial charge in [0.25, 0.3) is 0 Å². The van der Waals surface area contributed by atoms with Crippen LogP contribution in [0.15, 0.2) is 28.3 Å². The Hall–Kier alpha value is -1.40. The quantitative estimate of drug-likeness (QED) is 0.880. The standard InChI is InChI=1S/C11H13FN4S/c1-6(13)8-3-4-10(9(12)5-8)17-11-14-7(2)15-16-11/h3-6H,13H2,1-2H3,(H,14,15,16)/t6-/m0/s1. The Morgan fingerprint density at radius 1 is 1.47 bits per heavy atom. The smallest absolute Gasteiger partial charge is 0.213 e. The second-order valence-electron chi connectivity index (χ2n) is 3.78. The van der Waals surface area contributed by atoms with Crippen LogP contribution in [0.1, 0.15) is 24.4 Å². The largest absolute Gasteiger partial charge is 0.324 e. The Balaban J connectivity index is 2.22. The minimum Gasteiger partial charge on any atom is -0.324 e. The van der Waals surface area contributed by atoms with Crippen molar-refractivity contribution in [1.29, 1.82) is 0 Å². The normalized spacial score (nSPS) is 12.7. The van der Waals surface area contributed by atoms with Gasteiger partial charge in [-0.05, 0) is 43.3 Å². The third-order valence-electron chi connectivity index (χ3n) is 2.26. The van der Waals surface area contributed by atoms with Crippen molar-refractivity contribution in [1.82, 2.24) is 15.2 Å². The molecule has 0 saturated heterocycles. The van der Waals surface area contributed by atoms with Crippen LogP contribution in [0.2, 0.25) is 0 Å². The topological polar surface area (TPSA) is 67.6 Å². The predicted molar refractivity (Wildman–Crippen MR) is 64.2 cm³/mol. The predicted octanol–water partition coefficient (Wildman–Crippen LogP) is 2.42. The molecular weight excluding hydrogens is 239 g/mol. The molecule has 0 unspecified atom stereocenters. The Kier molecular flexibility index (Phi) is 3.44. The van der Waals surface area contributed by atoms with Crippen LogP contribution >= 0.6 is 11.8 Å². The van der Waals surface area contributed by atoms with Gasteiger partial charge in [0.2, 0.25) is 5.16 Å². The number of rotatable bonds is 3. The average Bonchev–Trinajstić information content (AvgIpc) is 2.67. The van der Waals surface area contributed by atoms with Gasteiger partial charge in [-0.3, -0.25) is 5.10 Å². The highest BCUT2D eigenvalue weighted by Gasteiger charge is 2.10. The zero-order valence-electron chi connectivity index (χ0n) is 9.57. The van der Waals surface area contributed by atoms with Crippen LogP contribution in [0.5, 0.6) is 0 Å². The van der Waals surface area contributed by atoms with Gasteiger partial charge in [0.1, 0.15) is 11.6 Å². The molecule has 0 aliphatic rings. The number of nitrogens with one attached hydrogen (secondary N) is 1. The van der Waals surface area contributed by atoms with Crippen molar-refractivity contribution in [3.8, 4) is 0 Å². The van der Waals surface area contributed by atoms with Crippen molar-refractivity contribution < 1.29 is 4.39 Å². The number of H-pyrrole nitrogens is 1. The minimum atomic E-state index is -0.299. The van der Waals surface area contributed by atoms with E-state index in [0.29, 0.717) is 15.9 Å². The highest BCUT2D eigenvalue weighted by molar-refractivity contribution is 7.99. The van der Waals surface area contributed by atoms with E-state index in [2.05, 4.69) is 15.2 Å². The fourth-order valence-corrected chi connectivity index (χ4v) is 2.11. The third kappa shape index (κ3) is 2.83. The summed E-state index contributed by atoms with van der Waals surface area (Å²) in [6, 6.07) is 4.79. The number of aromatic nitrogens is 3. The first-order valence-electron chi connectivity index (χ1n) is 5.18. The molecule has 0 amide bonds. The van der Waals surface area contributed by atoms with Crippen molar-refractivity contribution in [3.05, 3.63) is 35.4 Å². The highest BCUT2D eigenvalue weighted by Crippen LogP contribution is 2.28. The van der Waals surface area contributed by atoms with E-state index in [0.717, 1.165) is 5.56 Å². The minimum absolute atomic E-state index is 0.172. The molecule has 4 nitrogen and oxygen atoms in total. The van der Waals surface area contributed by atoms with E-state index >= 15 is 0 Å². The Morgan fingerprint density at radius 2 is 2.24 bits per heavy atom. The van der Waals surface area contributed by atoms with Crippen LogP contribution in [0, 0.1) is 12.7 Å². The van der Waals surface area contributed by atoms with Crippen LogP contribution in [0.3, 0.4) is 0 Å². The second kappa shape index (κ2) is 4.85. The summed E-state index contributed by atoms with van der Waals surface area (Å²) in [6.07, 6.45) is 0. The molecule has 0 spiro atoms. The van der Waals surface area contributed by atoms with Gasteiger partial charge in [-0.2, -0.15) is 0 Å². The molecule has 0 fully saturated rings. The summed E-state index contributed by atoms with van der Waals surface area (Å²) in [6.45, 7) is 3.62. The molecule has 1 aromatic heterocycles. The van der Waals surface area contributed by atoms with Crippen molar-refractivity contribution in [2.75, 3.05) is 0 Å². The average molecular weight is 252 g/mol. The number of hydrogen-bond donors (Lipinski definition) is 2. The molecule has 2 aromatic rings. The second-order valence-corrected chi connectivity index (χ2v) is 4.79. The molecule has 2 rings (SSSR count). The lowest BCUT2D eigenvalue weighted by Gasteiger charge is -2.07. The van der Waals surface area contributed by atoms with Crippen molar-refractivity contribution in [2.24, 2.45) is 5.73 Å². The number of hydrogen-bond acceptors (Lipinski definition) is 4. The van der Waals surface area contributed by atoms with Crippen LogP contribution in [-0.4, -0.2) is 15.2 Å². The zero-order valence-corrected chi connectivity index (χ0v) is 10.4. The summed E-state index contributed by atoms with van der Waals surface area (Å²) >= 11 is 1.19. The zero-order chi connectivity index (χ0) is 12.4. The lowest BCUT2D eigenvalue weighted by Crippen LogP contribution is -2.05. The first-order chi connectivity index (χ1) is 8.06. The van der Waals surface area contributed by atoms with Crippen LogP contribution in [0.25, 0.3) is 0 Å². The SMILES string of the molecule is Cc1nc(Sc2ccc([C@H](C)N)cc2F)n[nH]1. The fraction of sp³-hybridized carbons (Fsp3) is 0.273. The molecule has 0 aliphatic carbocycles. The van der Waals surface area contributed by atoms with Crippen LogP contribution in [-0.2, 0) is 0 Å². The Morgan fingerprint density at radius 3 is 2.76 bits per heavy atom. The fourth-order valence-electron chi connectivity index (χ4n) is 1.35. The van der Waals surface area contributed by atoms with Gasteiger partial charge >= 0.3 is 0 Å². The molecule has 0 bridgehead atoms. The molecule has 6 heteroatoms. The van der Waals surface area contributed by atoms with E-state index < -0.39 is 0 Å². The third-order valence-corrected chi connectivity index (χ3v) is 3.18. The molecule has 0 aliphatic heterocycles. The maximum atomic E-state index is 13.8. The van der Waals surface area contributed by atoms with E-state index in [1.807, 2.05) is 13.0 Å². The molecule has 0 radical (unpaired) electrons. The number of nitrogens with zero attached hydrogens (tertiary/aromatic N) is 2. The maximum absolute atomic E-state index is 13.8. The van der Waals surface area contributed by atoms with Crippen LogP contribution in [0.4, 0.5) is 4.39 Å². The van der Waals surface area contributed by atoms with Crippen LogP contribution < -0.4 is 5.73 Å². The molecule has 3 N–H and O–H groups in total. The van der Waals surface area contributed by atoms with Gasteiger partial charge in [0, 0.05) is 6.04 Å². The van der Waals surface area contributed by atoms with E-state index in [9.17, 15) is 4.39 Å². The molecule has 90 valence electrons. The molecular formula is C11H13FN4S. The Labute approximate surface area is 103 Å². The van der Waals surface area contributed by atoms with Gasteiger partial charge in [-0.15, -0.1) is 5.10 Å². The lowest BCUT2D eigenvalue weighted by molar-refractivity contribution is 0.596. The summed E-state index contributed by atoms with van der Waals surface area (Å²) in [4.78, 5) is 4.60. The Bertz CT molecular complexity index is 524. The first kappa shape index (κ1) is 12.1. The molecule has 0 saturated carbocycles. The van der Waals surface area contributed by atoms with Crippen molar-refractivity contribution in [2.45, 2.75) is 29.9 Å². The van der Waals surface area contributed by atoms with Gasteiger partial charge in [-0.1, -0.05) is 6.07 Å². The number of halogens is 1. The van der Waals surface area contributed by atoms with Gasteiger partial charge in [-0.25, -0.2) is 9.37 Å². The molecule has 1 heterocycles. The molecule has 17 heavy (non-hydrogen) atoms. The highest BCUT2D eigenvalue weighted by atomic mass is 32.2. The summed E-state index contributed by atoms with van der Waals surface area (Å²) in [5.41, 5.74) is 6.46. The number of aryl methyl sites for hydroxylation is 1. The van der Waals surface area contributed by atoms with Gasteiger partial charge in [0.05, 0.1) is 4.90 Å². The van der Waals surface area contributed by atoms with E-state index in [-0.39, 0.29) is 11.9 Å². The summed E-state index contributed by atoms with van der Waals surface area (Å²) < 4.78 is 13.8. The summed E-state index contributed by atoms with van der Waals surface area (Å²) in [5.74, 6) is 0.410. The monoisotopic (exact) mass is 252 g/mol. The van der Waals surface area contributed by atoms with E-state index in [1.54, 1.807) is 13.0 Å². The van der Waals surface area contributed by atoms with Gasteiger partial charge < -0.3 is 5.73 Å². The lowest BCUT2D eigenvalue weighted by atomic mass is 10.1. The number of benzene rings is 1. The summed E-state index contributed by atoms with van der Waals surface area (Å²) in [7, 11) is 0. The first-order valence-corrected chi connectivity index (χ1v) is 6.00. The maximum Gasteiger partial charge on any atom is 0.213 e. The summed E-state index contributed by atoms with van der Waals surface area (Å²) in [5, 5.41) is 7.17. The van der Waals surface area contributed by atoms with E-state index in [1.165, 1.54) is 17.8 Å². The van der Waals surface area contributed by atoms with E-state index in [4.69, 9.17) is 5.73 Å². The molecule has 1 atom stereocenters. The number of aromatic amines is 1. The van der Waals surface area contributed by atoms with Gasteiger partial charge in [0.15, 0.2) is 0 Å². The van der Waals surface area contributed by atoms with Crippen molar-refractivity contribution in [3.63, 3.8) is 0 Å². The number of nitrogens with two attached hydrogens (primary N) is 1.